The van der Waals surface area contributed by atoms with Gasteiger partial charge in [0.15, 0.2) is 7.11 Å². The van der Waals surface area contributed by atoms with Crippen LogP contribution in [0, 0.1) is 7.11 Å². The summed E-state index contributed by atoms with van der Waals surface area (Å²) in [7, 11) is 6.72. The molecule has 0 aromatic heterocycles. The molecule has 0 saturated carbocycles. The van der Waals surface area contributed by atoms with E-state index in [0.29, 0.717) is 6.61 Å². The number of benzene rings is 2. The van der Waals surface area contributed by atoms with Gasteiger partial charge in [-0.1, -0.05) is 42.5 Å². The molecule has 2 aromatic carbocycles. The normalized spacial score (nSPS) is 10.5. The van der Waals surface area contributed by atoms with Crippen molar-refractivity contribution in [2.75, 3.05) is 0 Å². The third-order valence-corrected chi connectivity index (χ3v) is 2.11. The summed E-state index contributed by atoms with van der Waals surface area (Å²) >= 11 is 0. The fourth-order valence-electron chi connectivity index (χ4n) is 1.50. The SMILES string of the molecule is [C]OCc1cccc2ccccc12. The van der Waals surface area contributed by atoms with Crippen LogP contribution < -0.4 is 0 Å². The molecular weight excluding hydrogens is 160 g/mol. The molecule has 13 heavy (non-hydrogen) atoms. The fourth-order valence-corrected chi connectivity index (χ4v) is 1.50. The number of fused-ring (bicyclic) bond motifs is 1. The molecule has 0 aliphatic carbocycles. The molecule has 0 bridgehead atoms. The van der Waals surface area contributed by atoms with Gasteiger partial charge in [0.2, 0.25) is 0 Å². The summed E-state index contributed by atoms with van der Waals surface area (Å²) < 4.78 is 4.39. The lowest BCUT2D eigenvalue weighted by Crippen LogP contribution is -1.87. The van der Waals surface area contributed by atoms with Crippen molar-refractivity contribution in [3.05, 3.63) is 55.1 Å². The van der Waals surface area contributed by atoms with Crippen LogP contribution in [0.5, 0.6) is 0 Å². The van der Waals surface area contributed by atoms with Crippen LogP contribution in [0.4, 0.5) is 0 Å². The van der Waals surface area contributed by atoms with Gasteiger partial charge in [-0.25, -0.2) is 0 Å². The standard InChI is InChI=1S/C12H9O/c1-13-9-11-7-4-6-10-5-2-3-8-12(10)11/h2-8H,9H2. The van der Waals surface area contributed by atoms with Gasteiger partial charge in [-0.05, 0) is 16.3 Å². The van der Waals surface area contributed by atoms with Gasteiger partial charge in [0.1, 0.15) is 0 Å². The number of hydrogen-bond acceptors (Lipinski definition) is 1. The van der Waals surface area contributed by atoms with Crippen LogP contribution in [0.2, 0.25) is 0 Å². The molecule has 0 aliphatic heterocycles. The number of ether oxygens (including phenoxy) is 1. The largest absolute Gasteiger partial charge is 0.360 e. The second-order valence-corrected chi connectivity index (χ2v) is 2.93. The number of hydrogen-bond donors (Lipinski definition) is 0. The predicted octanol–water partition coefficient (Wildman–Crippen LogP) is 2.90. The highest BCUT2D eigenvalue weighted by Gasteiger charge is 1.98. The summed E-state index contributed by atoms with van der Waals surface area (Å²) in [5, 5.41) is 2.36. The van der Waals surface area contributed by atoms with Crippen LogP contribution in [0.25, 0.3) is 10.8 Å². The first kappa shape index (κ1) is 8.27. The molecule has 2 aromatic rings. The minimum Gasteiger partial charge on any atom is -0.360 e. The van der Waals surface area contributed by atoms with Crippen molar-refractivity contribution >= 4 is 10.8 Å². The van der Waals surface area contributed by atoms with E-state index in [1.807, 2.05) is 30.3 Å². The van der Waals surface area contributed by atoms with Crippen molar-refractivity contribution < 1.29 is 4.74 Å². The van der Waals surface area contributed by atoms with Crippen molar-refractivity contribution in [1.29, 1.82) is 0 Å². The Morgan fingerprint density at radius 2 is 1.77 bits per heavy atom. The quantitative estimate of drug-likeness (QED) is 0.671. The lowest BCUT2D eigenvalue weighted by Gasteiger charge is -2.03. The molecule has 1 heteroatoms. The zero-order valence-corrected chi connectivity index (χ0v) is 7.16. The van der Waals surface area contributed by atoms with E-state index in [0.717, 1.165) is 10.9 Å². The van der Waals surface area contributed by atoms with E-state index in [1.54, 1.807) is 0 Å². The Labute approximate surface area is 78.0 Å². The maximum Gasteiger partial charge on any atom is 0.174 e. The summed E-state index contributed by atoms with van der Waals surface area (Å²) in [6, 6.07) is 14.1. The Balaban J connectivity index is 2.61. The summed E-state index contributed by atoms with van der Waals surface area (Å²) in [5.41, 5.74) is 1.06. The second-order valence-electron chi connectivity index (χ2n) is 2.93. The van der Waals surface area contributed by atoms with Crippen LogP contribution in [0.3, 0.4) is 0 Å². The monoisotopic (exact) mass is 169 g/mol. The van der Waals surface area contributed by atoms with E-state index in [-0.39, 0.29) is 0 Å². The molecule has 1 nitrogen and oxygen atoms in total. The fraction of sp³-hybridized carbons (Fsp3) is 0.0833. The van der Waals surface area contributed by atoms with Gasteiger partial charge >= 0.3 is 0 Å². The summed E-state index contributed by atoms with van der Waals surface area (Å²) in [5.74, 6) is 0. The molecular formula is C12H9O. The molecule has 0 N–H and O–H groups in total. The topological polar surface area (TPSA) is 9.23 Å². The summed E-state index contributed by atoms with van der Waals surface area (Å²) in [6.07, 6.45) is 0. The molecule has 63 valence electrons. The Bertz CT molecular complexity index is 401. The van der Waals surface area contributed by atoms with Gasteiger partial charge in [-0.2, -0.15) is 0 Å². The molecule has 0 atom stereocenters. The number of rotatable bonds is 2. The summed E-state index contributed by atoms with van der Waals surface area (Å²) in [6.45, 7) is 0.349. The van der Waals surface area contributed by atoms with E-state index in [4.69, 9.17) is 7.11 Å². The Hall–Kier alpha value is -1.34. The van der Waals surface area contributed by atoms with Crippen LogP contribution in [-0.4, -0.2) is 0 Å². The Morgan fingerprint density at radius 3 is 2.62 bits per heavy atom. The van der Waals surface area contributed by atoms with Crippen LogP contribution in [-0.2, 0) is 11.3 Å². The second kappa shape index (κ2) is 3.58. The van der Waals surface area contributed by atoms with Crippen molar-refractivity contribution in [2.24, 2.45) is 0 Å². The highest BCUT2D eigenvalue weighted by molar-refractivity contribution is 5.85. The maximum atomic E-state index is 6.72. The summed E-state index contributed by atoms with van der Waals surface area (Å²) in [4.78, 5) is 0. The third kappa shape index (κ3) is 1.56. The van der Waals surface area contributed by atoms with Crippen molar-refractivity contribution in [3.63, 3.8) is 0 Å². The van der Waals surface area contributed by atoms with Gasteiger partial charge < -0.3 is 4.74 Å². The van der Waals surface area contributed by atoms with E-state index in [9.17, 15) is 0 Å². The minimum atomic E-state index is 0.349. The molecule has 0 amide bonds. The first-order valence-corrected chi connectivity index (χ1v) is 4.17. The molecule has 0 unspecified atom stereocenters. The molecule has 0 saturated heterocycles. The van der Waals surface area contributed by atoms with Crippen molar-refractivity contribution in [3.8, 4) is 0 Å². The smallest absolute Gasteiger partial charge is 0.174 e. The van der Waals surface area contributed by atoms with E-state index < -0.39 is 0 Å². The first-order valence-electron chi connectivity index (χ1n) is 4.17. The molecule has 2 rings (SSSR count). The minimum absolute atomic E-state index is 0.349. The highest BCUT2D eigenvalue weighted by Crippen LogP contribution is 2.18. The van der Waals surface area contributed by atoms with Crippen molar-refractivity contribution in [2.45, 2.75) is 6.61 Å². The Kier molecular flexibility index (Phi) is 2.28. The van der Waals surface area contributed by atoms with E-state index >= 15 is 0 Å². The van der Waals surface area contributed by atoms with Gasteiger partial charge in [0.25, 0.3) is 0 Å². The molecule has 0 aliphatic rings. The molecule has 3 radical (unpaired) electrons. The first-order chi connectivity index (χ1) is 6.42. The van der Waals surface area contributed by atoms with E-state index in [1.165, 1.54) is 5.39 Å². The Morgan fingerprint density at radius 1 is 1.00 bits per heavy atom. The van der Waals surface area contributed by atoms with Gasteiger partial charge in [-0.15, -0.1) is 0 Å². The van der Waals surface area contributed by atoms with Crippen LogP contribution in [0.1, 0.15) is 5.56 Å². The molecule has 0 spiro atoms. The third-order valence-electron chi connectivity index (χ3n) is 2.11. The average molecular weight is 169 g/mol. The predicted molar refractivity (Wildman–Crippen MR) is 52.0 cm³/mol. The van der Waals surface area contributed by atoms with Gasteiger partial charge in [-0.3, -0.25) is 0 Å². The molecule has 0 heterocycles. The van der Waals surface area contributed by atoms with Gasteiger partial charge in [0.05, 0.1) is 6.61 Å². The average Bonchev–Trinajstić information content (AvgIpc) is 2.19. The lowest BCUT2D eigenvalue weighted by atomic mass is 10.1. The molecule has 0 fully saturated rings. The van der Waals surface area contributed by atoms with Crippen molar-refractivity contribution in [1.82, 2.24) is 0 Å². The van der Waals surface area contributed by atoms with Crippen LogP contribution >= 0.6 is 0 Å². The van der Waals surface area contributed by atoms with Crippen LogP contribution in [0.15, 0.2) is 42.5 Å². The van der Waals surface area contributed by atoms with E-state index in [2.05, 4.69) is 16.9 Å². The zero-order valence-electron chi connectivity index (χ0n) is 7.16. The maximum absolute atomic E-state index is 6.72. The lowest BCUT2D eigenvalue weighted by molar-refractivity contribution is 0.230. The highest BCUT2D eigenvalue weighted by atomic mass is 16.5. The van der Waals surface area contributed by atoms with Gasteiger partial charge in [0, 0.05) is 0 Å². The zero-order chi connectivity index (χ0) is 9.10.